The second kappa shape index (κ2) is 5.30. The fourth-order valence-electron chi connectivity index (χ4n) is 1.74. The van der Waals surface area contributed by atoms with Gasteiger partial charge in [-0.3, -0.25) is 4.68 Å². The third kappa shape index (κ3) is 2.39. The highest BCUT2D eigenvalue weighted by Crippen LogP contribution is 2.32. The highest BCUT2D eigenvalue weighted by molar-refractivity contribution is 9.10. The number of nitrogens with zero attached hydrogens (tertiary/aromatic N) is 2. The van der Waals surface area contributed by atoms with Gasteiger partial charge in [0.1, 0.15) is 11.8 Å². The molecule has 0 spiro atoms. The Kier molecular flexibility index (Phi) is 3.94. The van der Waals surface area contributed by atoms with Crippen LogP contribution in [0.15, 0.2) is 28.9 Å². The summed E-state index contributed by atoms with van der Waals surface area (Å²) in [5, 5.41) is 15.0. The summed E-state index contributed by atoms with van der Waals surface area (Å²) in [5.74, 6) is 0.545. The van der Waals surface area contributed by atoms with Crippen molar-refractivity contribution < 1.29 is 9.84 Å². The quantitative estimate of drug-likeness (QED) is 0.940. The molecule has 1 aromatic carbocycles. The number of aliphatic hydroxyl groups is 1. The molecule has 1 aromatic heterocycles. The molecule has 96 valence electrons. The molecule has 1 N–H and O–H groups in total. The molecule has 1 unspecified atom stereocenters. The molecule has 6 heteroatoms. The van der Waals surface area contributed by atoms with Gasteiger partial charge >= 0.3 is 0 Å². The van der Waals surface area contributed by atoms with Crippen LogP contribution in [0, 0.1) is 0 Å². The van der Waals surface area contributed by atoms with E-state index in [1.807, 2.05) is 0 Å². The smallest absolute Gasteiger partial charge is 0.162 e. The van der Waals surface area contributed by atoms with Crippen LogP contribution in [0.4, 0.5) is 0 Å². The van der Waals surface area contributed by atoms with E-state index >= 15 is 0 Å². The molecule has 0 aliphatic heterocycles. The van der Waals surface area contributed by atoms with Gasteiger partial charge < -0.3 is 9.84 Å². The third-order valence-corrected chi connectivity index (χ3v) is 3.92. The number of aliphatic hydroxyl groups excluding tert-OH is 1. The fourth-order valence-corrected chi connectivity index (χ4v) is 2.17. The lowest BCUT2D eigenvalue weighted by atomic mass is 10.1. The molecule has 2 rings (SSSR count). The second-order valence-corrected chi connectivity index (χ2v) is 5.06. The Morgan fingerprint density at radius 3 is 2.83 bits per heavy atom. The number of ether oxygens (including phenoxy) is 1. The lowest BCUT2D eigenvalue weighted by Crippen LogP contribution is -2.08. The Morgan fingerprint density at radius 2 is 2.22 bits per heavy atom. The number of hydrogen-bond acceptors (Lipinski definition) is 3. The number of hydrogen-bond donors (Lipinski definition) is 1. The summed E-state index contributed by atoms with van der Waals surface area (Å²) in [6.45, 7) is 0. The van der Waals surface area contributed by atoms with Crippen LogP contribution in [0.1, 0.15) is 17.4 Å². The lowest BCUT2D eigenvalue weighted by Gasteiger charge is -2.14. The zero-order valence-corrected chi connectivity index (χ0v) is 12.2. The minimum atomic E-state index is -0.835. The number of methoxy groups -OCH3 is 1. The molecule has 0 aliphatic rings. The number of aryl methyl sites for hydroxylation is 1. The maximum Gasteiger partial charge on any atom is 0.162 e. The van der Waals surface area contributed by atoms with E-state index in [1.165, 1.54) is 0 Å². The van der Waals surface area contributed by atoms with E-state index < -0.39 is 6.10 Å². The van der Waals surface area contributed by atoms with Crippen LogP contribution in [0.2, 0.25) is 5.02 Å². The lowest BCUT2D eigenvalue weighted by molar-refractivity contribution is 0.204. The summed E-state index contributed by atoms with van der Waals surface area (Å²) in [4.78, 5) is 0. The second-order valence-electron chi connectivity index (χ2n) is 3.80. The minimum absolute atomic E-state index is 0.545. The minimum Gasteiger partial charge on any atom is -0.493 e. The van der Waals surface area contributed by atoms with Crippen molar-refractivity contribution in [2.24, 2.45) is 7.05 Å². The molecule has 0 amide bonds. The van der Waals surface area contributed by atoms with Crippen molar-refractivity contribution >= 4 is 27.5 Å². The van der Waals surface area contributed by atoms with Gasteiger partial charge in [0, 0.05) is 11.5 Å². The van der Waals surface area contributed by atoms with E-state index in [0.717, 1.165) is 4.47 Å². The molecule has 2 aromatic rings. The zero-order chi connectivity index (χ0) is 13.3. The molecule has 0 aliphatic carbocycles. The Labute approximate surface area is 118 Å². The van der Waals surface area contributed by atoms with Crippen LogP contribution in [-0.2, 0) is 7.05 Å². The van der Waals surface area contributed by atoms with Crippen LogP contribution in [0.3, 0.4) is 0 Å². The summed E-state index contributed by atoms with van der Waals surface area (Å²) in [7, 11) is 3.29. The first kappa shape index (κ1) is 13.4. The summed E-state index contributed by atoms with van der Waals surface area (Å²) in [5.41, 5.74) is 1.28. The monoisotopic (exact) mass is 330 g/mol. The van der Waals surface area contributed by atoms with Crippen LogP contribution >= 0.6 is 27.5 Å². The largest absolute Gasteiger partial charge is 0.493 e. The van der Waals surface area contributed by atoms with Gasteiger partial charge in [0.15, 0.2) is 5.75 Å². The maximum absolute atomic E-state index is 10.4. The van der Waals surface area contributed by atoms with Gasteiger partial charge in [-0.1, -0.05) is 17.7 Å². The fraction of sp³-hybridized carbons (Fsp3) is 0.250. The van der Waals surface area contributed by atoms with Gasteiger partial charge in [0.2, 0.25) is 0 Å². The van der Waals surface area contributed by atoms with Crippen molar-refractivity contribution in [1.82, 2.24) is 9.78 Å². The van der Waals surface area contributed by atoms with Crippen LogP contribution in [0.5, 0.6) is 5.75 Å². The van der Waals surface area contributed by atoms with Gasteiger partial charge in [-0.05, 0) is 33.6 Å². The third-order valence-electron chi connectivity index (χ3n) is 2.69. The molecule has 0 bridgehead atoms. The van der Waals surface area contributed by atoms with Crippen molar-refractivity contribution in [1.29, 1.82) is 0 Å². The molecular formula is C12H12BrClN2O2. The SMILES string of the molecule is COc1cnn(C)c1C(O)c1ccc(Br)c(Cl)c1. The van der Waals surface area contributed by atoms with Crippen LogP contribution in [0.25, 0.3) is 0 Å². The molecule has 1 atom stereocenters. The molecule has 0 saturated heterocycles. The van der Waals surface area contributed by atoms with E-state index in [1.54, 1.807) is 43.2 Å². The standard InChI is InChI=1S/C12H12BrClN2O2/c1-16-11(10(18-2)6-15-16)12(17)7-3-4-8(13)9(14)5-7/h3-6,12,17H,1-2H3. The van der Waals surface area contributed by atoms with E-state index in [0.29, 0.717) is 22.0 Å². The first-order valence-electron chi connectivity index (χ1n) is 5.23. The van der Waals surface area contributed by atoms with Crippen LogP contribution < -0.4 is 4.74 Å². The van der Waals surface area contributed by atoms with Crippen molar-refractivity contribution in [3.8, 4) is 5.75 Å². The van der Waals surface area contributed by atoms with Gasteiger partial charge in [0.05, 0.1) is 18.3 Å². The Morgan fingerprint density at radius 1 is 1.50 bits per heavy atom. The van der Waals surface area contributed by atoms with Crippen LogP contribution in [-0.4, -0.2) is 22.0 Å². The van der Waals surface area contributed by atoms with E-state index in [4.69, 9.17) is 16.3 Å². The topological polar surface area (TPSA) is 47.3 Å². The number of halogens is 2. The molecule has 0 fully saturated rings. The normalized spacial score (nSPS) is 12.5. The van der Waals surface area contributed by atoms with Gasteiger partial charge in [-0.2, -0.15) is 5.10 Å². The Balaban J connectivity index is 2.44. The van der Waals surface area contributed by atoms with E-state index in [-0.39, 0.29) is 0 Å². The molecule has 18 heavy (non-hydrogen) atoms. The summed E-state index contributed by atoms with van der Waals surface area (Å²) < 4.78 is 7.55. The van der Waals surface area contributed by atoms with E-state index in [9.17, 15) is 5.11 Å². The van der Waals surface area contributed by atoms with Gasteiger partial charge in [0.25, 0.3) is 0 Å². The highest BCUT2D eigenvalue weighted by atomic mass is 79.9. The average molecular weight is 332 g/mol. The summed E-state index contributed by atoms with van der Waals surface area (Å²) in [6.07, 6.45) is 0.733. The number of aromatic nitrogens is 2. The predicted molar refractivity (Wildman–Crippen MR) is 73.0 cm³/mol. The number of rotatable bonds is 3. The van der Waals surface area contributed by atoms with Crippen molar-refractivity contribution in [2.45, 2.75) is 6.10 Å². The predicted octanol–water partition coefficient (Wildman–Crippen LogP) is 2.93. The molecule has 1 heterocycles. The molecular weight excluding hydrogens is 320 g/mol. The van der Waals surface area contributed by atoms with Crippen molar-refractivity contribution in [2.75, 3.05) is 7.11 Å². The van der Waals surface area contributed by atoms with Gasteiger partial charge in [-0.25, -0.2) is 0 Å². The Bertz CT molecular complexity index is 571. The van der Waals surface area contributed by atoms with Gasteiger partial charge in [-0.15, -0.1) is 0 Å². The first-order chi connectivity index (χ1) is 8.54. The Hall–Kier alpha value is -1.04. The van der Waals surface area contributed by atoms with Crippen molar-refractivity contribution in [3.63, 3.8) is 0 Å². The molecule has 0 radical (unpaired) electrons. The first-order valence-corrected chi connectivity index (χ1v) is 6.40. The average Bonchev–Trinajstić information content (AvgIpc) is 2.73. The summed E-state index contributed by atoms with van der Waals surface area (Å²) >= 11 is 9.34. The summed E-state index contributed by atoms with van der Waals surface area (Å²) in [6, 6.07) is 5.31. The molecule has 4 nitrogen and oxygen atoms in total. The number of benzene rings is 1. The maximum atomic E-state index is 10.4. The van der Waals surface area contributed by atoms with E-state index in [2.05, 4.69) is 21.0 Å². The van der Waals surface area contributed by atoms with Crippen molar-refractivity contribution in [3.05, 3.63) is 45.1 Å². The zero-order valence-electron chi connectivity index (χ0n) is 9.89. The highest BCUT2D eigenvalue weighted by Gasteiger charge is 2.20. The molecule has 0 saturated carbocycles.